The zero-order chi connectivity index (χ0) is 12.3. The molecule has 1 unspecified atom stereocenters. The second kappa shape index (κ2) is 4.82. The molecule has 0 N–H and O–H groups in total. The quantitative estimate of drug-likeness (QED) is 0.757. The normalized spacial score (nSPS) is 12.1. The molecule has 1 heterocycles. The van der Waals surface area contributed by atoms with Crippen molar-refractivity contribution < 1.29 is 9.53 Å². The first-order valence-corrected chi connectivity index (χ1v) is 5.38. The van der Waals surface area contributed by atoms with E-state index >= 15 is 0 Å². The number of ketones is 1. The van der Waals surface area contributed by atoms with Crippen molar-refractivity contribution in [3.05, 3.63) is 48.5 Å². The molecule has 0 aliphatic rings. The van der Waals surface area contributed by atoms with Crippen LogP contribution in [0.4, 0.5) is 0 Å². The monoisotopic (exact) mass is 230 g/mol. The van der Waals surface area contributed by atoms with E-state index in [1.54, 1.807) is 54.7 Å². The molecule has 0 aliphatic carbocycles. The Bertz CT molecular complexity index is 489. The Kier molecular flexibility index (Phi) is 3.23. The van der Waals surface area contributed by atoms with E-state index < -0.39 is 0 Å². The highest BCUT2D eigenvalue weighted by atomic mass is 16.5. The molecule has 0 amide bonds. The summed E-state index contributed by atoms with van der Waals surface area (Å²) in [5, 5.41) is 0. The van der Waals surface area contributed by atoms with E-state index in [4.69, 9.17) is 4.74 Å². The minimum Gasteiger partial charge on any atom is -0.497 e. The van der Waals surface area contributed by atoms with Crippen LogP contribution in [0.1, 0.15) is 23.3 Å². The largest absolute Gasteiger partial charge is 0.497 e. The van der Waals surface area contributed by atoms with Crippen molar-refractivity contribution in [1.29, 1.82) is 0 Å². The Labute approximate surface area is 99.9 Å². The second-order valence-electron chi connectivity index (χ2n) is 3.78. The number of carbonyl (C=O) groups excluding carboxylic acids is 1. The molecule has 0 radical (unpaired) electrons. The maximum absolute atomic E-state index is 12.2. The van der Waals surface area contributed by atoms with Crippen LogP contribution in [0.3, 0.4) is 0 Å². The number of nitrogens with zero attached hydrogens (tertiary/aromatic N) is 2. The number of Topliss-reactive ketones (excluding diaryl/α,β-unsaturated/α-hetero) is 1. The van der Waals surface area contributed by atoms with Gasteiger partial charge in [-0.1, -0.05) is 0 Å². The van der Waals surface area contributed by atoms with E-state index in [2.05, 4.69) is 4.98 Å². The fraction of sp³-hybridized carbons (Fsp3) is 0.231. The standard InChI is InChI=1S/C13H14N2O2/c1-10(15-8-7-14-9-15)13(16)11-3-5-12(17-2)6-4-11/h3-10H,1-2H3. The Morgan fingerprint density at radius 2 is 2.06 bits per heavy atom. The van der Waals surface area contributed by atoms with Crippen LogP contribution in [-0.4, -0.2) is 22.4 Å². The average Bonchev–Trinajstić information content (AvgIpc) is 2.91. The molecule has 1 aromatic carbocycles. The van der Waals surface area contributed by atoms with Gasteiger partial charge in [0.05, 0.1) is 19.5 Å². The van der Waals surface area contributed by atoms with Gasteiger partial charge >= 0.3 is 0 Å². The lowest BCUT2D eigenvalue weighted by Crippen LogP contribution is -2.15. The van der Waals surface area contributed by atoms with E-state index in [1.807, 2.05) is 6.92 Å². The van der Waals surface area contributed by atoms with E-state index in [9.17, 15) is 4.79 Å². The number of carbonyl (C=O) groups is 1. The maximum Gasteiger partial charge on any atom is 0.185 e. The summed E-state index contributed by atoms with van der Waals surface area (Å²) >= 11 is 0. The van der Waals surface area contributed by atoms with Crippen LogP contribution in [0.2, 0.25) is 0 Å². The van der Waals surface area contributed by atoms with Gasteiger partial charge in [0.1, 0.15) is 5.75 Å². The fourth-order valence-electron chi connectivity index (χ4n) is 1.63. The van der Waals surface area contributed by atoms with Crippen LogP contribution in [0.5, 0.6) is 5.75 Å². The Morgan fingerprint density at radius 3 is 2.59 bits per heavy atom. The van der Waals surface area contributed by atoms with Gasteiger partial charge in [0, 0.05) is 18.0 Å². The predicted octanol–water partition coefficient (Wildman–Crippen LogP) is 2.34. The SMILES string of the molecule is COc1ccc(C(=O)C(C)n2ccnc2)cc1. The van der Waals surface area contributed by atoms with Gasteiger partial charge in [0.2, 0.25) is 0 Å². The van der Waals surface area contributed by atoms with Crippen LogP contribution in [-0.2, 0) is 0 Å². The topological polar surface area (TPSA) is 44.1 Å². The first-order chi connectivity index (χ1) is 8.22. The van der Waals surface area contributed by atoms with E-state index in [1.165, 1.54) is 0 Å². The number of hydrogen-bond acceptors (Lipinski definition) is 3. The van der Waals surface area contributed by atoms with Crippen molar-refractivity contribution in [3.8, 4) is 5.75 Å². The van der Waals surface area contributed by atoms with Gasteiger partial charge in [0.15, 0.2) is 5.78 Å². The molecule has 0 aliphatic heterocycles. The summed E-state index contributed by atoms with van der Waals surface area (Å²) in [4.78, 5) is 16.1. The number of aromatic nitrogens is 2. The minimum atomic E-state index is -0.245. The third-order valence-electron chi connectivity index (χ3n) is 2.73. The summed E-state index contributed by atoms with van der Waals surface area (Å²) in [6, 6.07) is 6.87. The smallest absolute Gasteiger partial charge is 0.185 e. The van der Waals surface area contributed by atoms with Crippen molar-refractivity contribution in [2.75, 3.05) is 7.11 Å². The molecule has 4 nitrogen and oxygen atoms in total. The summed E-state index contributed by atoms with van der Waals surface area (Å²) in [6.45, 7) is 1.86. The van der Waals surface area contributed by atoms with Gasteiger partial charge in [-0.2, -0.15) is 0 Å². The van der Waals surface area contributed by atoms with Crippen molar-refractivity contribution >= 4 is 5.78 Å². The second-order valence-corrected chi connectivity index (χ2v) is 3.78. The average molecular weight is 230 g/mol. The number of benzene rings is 1. The summed E-state index contributed by atoms with van der Waals surface area (Å²) in [7, 11) is 1.60. The molecule has 4 heteroatoms. The summed E-state index contributed by atoms with van der Waals surface area (Å²) in [5.74, 6) is 0.808. The Hall–Kier alpha value is -2.10. The van der Waals surface area contributed by atoms with Gasteiger partial charge in [-0.15, -0.1) is 0 Å². The number of hydrogen-bond donors (Lipinski definition) is 0. The number of methoxy groups -OCH3 is 1. The van der Waals surface area contributed by atoms with E-state index in [-0.39, 0.29) is 11.8 Å². The van der Waals surface area contributed by atoms with Crippen molar-refractivity contribution in [1.82, 2.24) is 9.55 Å². The van der Waals surface area contributed by atoms with Gasteiger partial charge in [-0.3, -0.25) is 4.79 Å². The van der Waals surface area contributed by atoms with Crippen molar-refractivity contribution in [3.63, 3.8) is 0 Å². The summed E-state index contributed by atoms with van der Waals surface area (Å²) < 4.78 is 6.84. The Balaban J connectivity index is 2.19. The molecule has 2 aromatic rings. The van der Waals surface area contributed by atoms with E-state index in [0.717, 1.165) is 5.75 Å². The maximum atomic E-state index is 12.2. The molecule has 17 heavy (non-hydrogen) atoms. The zero-order valence-electron chi connectivity index (χ0n) is 9.83. The molecule has 88 valence electrons. The molecule has 1 atom stereocenters. The first kappa shape index (κ1) is 11.4. The lowest BCUT2D eigenvalue weighted by atomic mass is 10.1. The molecule has 2 rings (SSSR count). The van der Waals surface area contributed by atoms with Crippen LogP contribution in [0, 0.1) is 0 Å². The highest BCUT2D eigenvalue weighted by Gasteiger charge is 2.16. The lowest BCUT2D eigenvalue weighted by Gasteiger charge is -2.11. The lowest BCUT2D eigenvalue weighted by molar-refractivity contribution is 0.0935. The van der Waals surface area contributed by atoms with Crippen LogP contribution < -0.4 is 4.74 Å². The third-order valence-corrected chi connectivity index (χ3v) is 2.73. The molecule has 1 aromatic heterocycles. The zero-order valence-corrected chi connectivity index (χ0v) is 9.83. The molecular weight excluding hydrogens is 216 g/mol. The summed E-state index contributed by atoms with van der Waals surface area (Å²) in [5.41, 5.74) is 0.673. The molecule has 0 fully saturated rings. The highest BCUT2D eigenvalue weighted by Crippen LogP contribution is 2.17. The highest BCUT2D eigenvalue weighted by molar-refractivity contribution is 5.98. The van der Waals surface area contributed by atoms with Crippen molar-refractivity contribution in [2.24, 2.45) is 0 Å². The van der Waals surface area contributed by atoms with Crippen molar-refractivity contribution in [2.45, 2.75) is 13.0 Å². The third kappa shape index (κ3) is 2.36. The fourth-order valence-corrected chi connectivity index (χ4v) is 1.63. The predicted molar refractivity (Wildman–Crippen MR) is 64.3 cm³/mol. The van der Waals surface area contributed by atoms with Gasteiger partial charge in [0.25, 0.3) is 0 Å². The molecule has 0 saturated carbocycles. The molecule has 0 saturated heterocycles. The minimum absolute atomic E-state index is 0.0608. The molecule has 0 spiro atoms. The van der Waals surface area contributed by atoms with Crippen LogP contribution in [0.15, 0.2) is 43.0 Å². The number of imidazole rings is 1. The van der Waals surface area contributed by atoms with Crippen LogP contribution in [0.25, 0.3) is 0 Å². The van der Waals surface area contributed by atoms with Gasteiger partial charge in [-0.25, -0.2) is 4.98 Å². The molecule has 0 bridgehead atoms. The number of ether oxygens (including phenoxy) is 1. The van der Waals surface area contributed by atoms with Crippen LogP contribution >= 0.6 is 0 Å². The Morgan fingerprint density at radius 1 is 1.35 bits per heavy atom. The van der Waals surface area contributed by atoms with Gasteiger partial charge in [-0.05, 0) is 31.2 Å². The number of rotatable bonds is 4. The summed E-state index contributed by atoms with van der Waals surface area (Å²) in [6.07, 6.45) is 5.09. The molecular formula is C13H14N2O2. The first-order valence-electron chi connectivity index (χ1n) is 5.38. The van der Waals surface area contributed by atoms with E-state index in [0.29, 0.717) is 5.56 Å². The van der Waals surface area contributed by atoms with Gasteiger partial charge < -0.3 is 9.30 Å².